The van der Waals surface area contributed by atoms with Crippen molar-refractivity contribution in [2.24, 2.45) is 0 Å². The largest absolute Gasteiger partial charge is 0.411 e. The van der Waals surface area contributed by atoms with Crippen LogP contribution < -0.4 is 10.9 Å². The molecule has 0 unspecified atom stereocenters. The molecule has 10 nitrogen and oxygen atoms in total. The summed E-state index contributed by atoms with van der Waals surface area (Å²) < 4.78 is 22.3. The molecule has 2 N–H and O–H groups in total. The Bertz CT molecular complexity index is 1320. The maximum absolute atomic E-state index is 12.6. The summed E-state index contributed by atoms with van der Waals surface area (Å²) >= 11 is 0. The van der Waals surface area contributed by atoms with Crippen molar-refractivity contribution < 1.29 is 20.1 Å². The summed E-state index contributed by atoms with van der Waals surface area (Å²) in [5, 5.41) is 2.46. The van der Waals surface area contributed by atoms with Gasteiger partial charge in [-0.25, -0.2) is 4.98 Å². The number of nitrogens with one attached hydrogen (secondary N) is 2. The zero-order chi connectivity index (χ0) is 25.6. The lowest BCUT2D eigenvalue weighted by molar-refractivity contribution is -0.122. The molecule has 1 fully saturated rings. The number of fused-ring (bicyclic) bond motifs is 1. The van der Waals surface area contributed by atoms with Gasteiger partial charge in [-0.05, 0) is 30.3 Å². The molecule has 1 aromatic carbocycles. The van der Waals surface area contributed by atoms with E-state index in [1.54, 1.807) is 30.3 Å². The summed E-state index contributed by atoms with van der Waals surface area (Å²) in [6.45, 7) is 10.3. The number of ether oxygens (including phenoxy) is 1. The second-order valence-corrected chi connectivity index (χ2v) is 14.5. The van der Waals surface area contributed by atoms with Crippen LogP contribution >= 0.6 is 0 Å². The van der Waals surface area contributed by atoms with Crippen molar-refractivity contribution in [2.75, 3.05) is 5.32 Å². The van der Waals surface area contributed by atoms with Gasteiger partial charge in [0.05, 0.1) is 13.8 Å². The minimum atomic E-state index is -2.31. The second-order valence-electron chi connectivity index (χ2n) is 9.75. The van der Waals surface area contributed by atoms with Crippen LogP contribution in [0.4, 0.5) is 5.95 Å². The fourth-order valence-electron chi connectivity index (χ4n) is 3.46. The Balaban J connectivity index is 1.65. The van der Waals surface area contributed by atoms with Crippen LogP contribution in [0.5, 0.6) is 0 Å². The first-order chi connectivity index (χ1) is 16.3. The maximum atomic E-state index is 12.6. The summed E-state index contributed by atoms with van der Waals surface area (Å²) in [5.74, 6) is -0.497. The van der Waals surface area contributed by atoms with E-state index in [2.05, 4.69) is 41.0 Å². The number of nitrogens with zero attached hydrogens (tertiary/aromatic N) is 3. The van der Waals surface area contributed by atoms with E-state index in [1.807, 2.05) is 13.1 Å². The van der Waals surface area contributed by atoms with Crippen LogP contribution in [0.25, 0.3) is 11.2 Å². The molecule has 34 heavy (non-hydrogen) atoms. The van der Waals surface area contributed by atoms with Gasteiger partial charge in [0, 0.05) is 12.0 Å². The monoisotopic (exact) mass is 484 g/mol. The Morgan fingerprint density at radius 2 is 2.06 bits per heavy atom. The molecule has 0 spiro atoms. The minimum absolute atomic E-state index is 0.0433. The number of hydrogen-bond acceptors (Lipinski definition) is 7. The smallest absolute Gasteiger partial charge is 0.280 e. The molecule has 1 aliphatic heterocycles. The van der Waals surface area contributed by atoms with Gasteiger partial charge in [0.2, 0.25) is 5.95 Å². The molecule has 3 atom stereocenters. The van der Waals surface area contributed by atoms with Crippen molar-refractivity contribution in [3.63, 3.8) is 0 Å². The van der Waals surface area contributed by atoms with E-state index in [9.17, 15) is 14.4 Å². The molecular weight excluding hydrogens is 454 g/mol. The van der Waals surface area contributed by atoms with Crippen molar-refractivity contribution in [3.05, 3.63) is 52.6 Å². The predicted molar refractivity (Wildman–Crippen MR) is 129 cm³/mol. The number of aromatic amines is 1. The first-order valence-electron chi connectivity index (χ1n) is 11.5. The number of carbonyl (C=O) groups is 2. The Morgan fingerprint density at radius 3 is 2.71 bits per heavy atom. The number of aldehydes is 1. The molecule has 3 aromatic rings. The van der Waals surface area contributed by atoms with Crippen LogP contribution in [0, 0.1) is 0 Å². The zero-order valence-corrected chi connectivity index (χ0v) is 20.8. The first kappa shape index (κ1) is 22.6. The molecule has 180 valence electrons. The number of aromatic nitrogens is 4. The molecule has 0 bridgehead atoms. The van der Waals surface area contributed by atoms with E-state index in [-0.39, 0.29) is 28.6 Å². The Kier molecular flexibility index (Phi) is 5.92. The van der Waals surface area contributed by atoms with E-state index in [4.69, 9.17) is 10.5 Å². The summed E-state index contributed by atoms with van der Waals surface area (Å²) in [6.07, 6.45) is -1.52. The maximum Gasteiger partial charge on any atom is 0.280 e. The van der Waals surface area contributed by atoms with Gasteiger partial charge < -0.3 is 14.0 Å². The average molecular weight is 485 g/mol. The second kappa shape index (κ2) is 8.89. The molecule has 1 saturated heterocycles. The van der Waals surface area contributed by atoms with Gasteiger partial charge in [0.15, 0.2) is 25.8 Å². The van der Waals surface area contributed by atoms with E-state index in [0.717, 1.165) is 0 Å². The standard InChI is InChI=1S/C23H29N5O5Si/c1-23(2,3)34(4,5)33-15-11-17(32-16(15)12-29)28-13-24-18-19(28)25-22(27-21(18)31)26-20(30)14-9-7-6-8-10-14/h6-10,12-13,15-17H,11H2,1-5H3,(H2,25,26,27,30,31)/t15-,16+,17+/m0/s1/i16D. The summed E-state index contributed by atoms with van der Waals surface area (Å²) in [5.41, 5.74) is 0.0558. The number of rotatable bonds is 6. The van der Waals surface area contributed by atoms with Gasteiger partial charge in [-0.3, -0.25) is 24.5 Å². The van der Waals surface area contributed by atoms with Crippen LogP contribution in [0.2, 0.25) is 18.1 Å². The quantitative estimate of drug-likeness (QED) is 0.406. The third-order valence-corrected chi connectivity index (χ3v) is 10.9. The van der Waals surface area contributed by atoms with Crippen molar-refractivity contribution in [1.82, 2.24) is 19.5 Å². The Labute approximate surface area is 199 Å². The number of imidazole rings is 1. The zero-order valence-electron chi connectivity index (χ0n) is 20.8. The van der Waals surface area contributed by atoms with Crippen molar-refractivity contribution in [2.45, 2.75) is 63.7 Å². The highest BCUT2D eigenvalue weighted by molar-refractivity contribution is 6.74. The highest BCUT2D eigenvalue weighted by Crippen LogP contribution is 2.41. The number of benzene rings is 1. The SMILES string of the molecule is [2H][C@]1(C=O)O[C@@H](n2cnc3c(=O)[nH]c(NC(=O)c4ccccc4)nc32)C[C@@H]1O[Si](C)(C)C(C)(C)C. The minimum Gasteiger partial charge on any atom is -0.411 e. The molecule has 3 heterocycles. The van der Waals surface area contributed by atoms with E-state index < -0.39 is 38.2 Å². The molecule has 0 radical (unpaired) electrons. The van der Waals surface area contributed by atoms with Gasteiger partial charge in [0.1, 0.15) is 12.3 Å². The van der Waals surface area contributed by atoms with E-state index in [1.165, 1.54) is 10.9 Å². The number of hydrogen-bond donors (Lipinski definition) is 2. The van der Waals surface area contributed by atoms with Crippen molar-refractivity contribution in [1.29, 1.82) is 0 Å². The van der Waals surface area contributed by atoms with Gasteiger partial charge in [-0.2, -0.15) is 4.98 Å². The molecule has 0 saturated carbocycles. The van der Waals surface area contributed by atoms with Crippen molar-refractivity contribution >= 4 is 37.6 Å². The lowest BCUT2D eigenvalue weighted by atomic mass is 10.2. The molecule has 0 aliphatic carbocycles. The molecule has 4 rings (SSSR count). The Hall–Kier alpha value is -3.15. The van der Waals surface area contributed by atoms with Crippen LogP contribution in [-0.2, 0) is 14.0 Å². The molecule has 11 heteroatoms. The number of anilines is 1. The van der Waals surface area contributed by atoms with Crippen LogP contribution in [0.3, 0.4) is 0 Å². The summed E-state index contributed by atoms with van der Waals surface area (Å²) in [6, 6.07) is 8.51. The van der Waals surface area contributed by atoms with Crippen molar-refractivity contribution in [3.8, 4) is 0 Å². The first-order valence-corrected chi connectivity index (χ1v) is 13.9. The molecule has 1 aliphatic rings. The van der Waals surface area contributed by atoms with Crippen LogP contribution in [-0.4, -0.2) is 52.2 Å². The fraction of sp³-hybridized carbons (Fsp3) is 0.435. The number of H-pyrrole nitrogens is 1. The lowest BCUT2D eigenvalue weighted by Crippen LogP contribution is -2.46. The van der Waals surface area contributed by atoms with Crippen LogP contribution in [0.1, 0.15) is 45.1 Å². The molecule has 1 amide bonds. The predicted octanol–water partition coefficient (Wildman–Crippen LogP) is 3.25. The number of amides is 1. The van der Waals surface area contributed by atoms with Gasteiger partial charge in [-0.15, -0.1) is 0 Å². The molecular formula is C23H29N5O5Si. The summed E-state index contributed by atoms with van der Waals surface area (Å²) in [7, 11) is -2.31. The van der Waals surface area contributed by atoms with E-state index >= 15 is 0 Å². The number of carbonyl (C=O) groups excluding carboxylic acids is 2. The topological polar surface area (TPSA) is 128 Å². The fourth-order valence-corrected chi connectivity index (χ4v) is 4.74. The Morgan fingerprint density at radius 1 is 1.35 bits per heavy atom. The van der Waals surface area contributed by atoms with E-state index in [0.29, 0.717) is 11.8 Å². The third-order valence-electron chi connectivity index (χ3n) is 6.37. The normalized spacial score (nSPS) is 23.6. The van der Waals surface area contributed by atoms with Gasteiger partial charge >= 0.3 is 0 Å². The van der Waals surface area contributed by atoms with Gasteiger partial charge in [0.25, 0.3) is 11.5 Å². The highest BCUT2D eigenvalue weighted by atomic mass is 28.4. The third kappa shape index (κ3) is 4.59. The van der Waals surface area contributed by atoms with Crippen LogP contribution in [0.15, 0.2) is 41.5 Å². The molecule has 2 aromatic heterocycles. The summed E-state index contributed by atoms with van der Waals surface area (Å²) in [4.78, 5) is 48.1. The lowest BCUT2D eigenvalue weighted by Gasteiger charge is -2.38. The average Bonchev–Trinajstić information content (AvgIpc) is 3.35. The van der Waals surface area contributed by atoms with Gasteiger partial charge in [-0.1, -0.05) is 39.0 Å². The highest BCUT2D eigenvalue weighted by Gasteiger charge is 2.45.